The number of esters is 1. The summed E-state index contributed by atoms with van der Waals surface area (Å²) in [6, 6.07) is 12.1. The van der Waals surface area contributed by atoms with Crippen molar-refractivity contribution in [3.8, 4) is 0 Å². The second kappa shape index (κ2) is 7.15. The maximum atomic E-state index is 12.7. The molecular formula is C17H15ClN2O3S. The first-order valence-electron chi connectivity index (χ1n) is 7.28. The summed E-state index contributed by atoms with van der Waals surface area (Å²) in [5, 5.41) is 3.19. The molecule has 0 saturated carbocycles. The summed E-state index contributed by atoms with van der Waals surface area (Å²) in [6.45, 7) is 0.585. The third-order valence-electron chi connectivity index (χ3n) is 3.60. The number of carbonyl (C=O) groups excluding carboxylic acids is 2. The van der Waals surface area contributed by atoms with Gasteiger partial charge in [0.2, 0.25) is 0 Å². The number of benzene rings is 2. The van der Waals surface area contributed by atoms with Gasteiger partial charge < -0.3 is 10.1 Å². The Morgan fingerprint density at radius 1 is 1.25 bits per heavy atom. The summed E-state index contributed by atoms with van der Waals surface area (Å²) >= 11 is 7.71. The summed E-state index contributed by atoms with van der Waals surface area (Å²) in [5.41, 5.74) is 1.44. The summed E-state index contributed by atoms with van der Waals surface area (Å²) in [5.74, 6) is 0.278. The molecule has 0 unspecified atom stereocenters. The number of thioether (sulfide) groups is 1. The lowest BCUT2D eigenvalue weighted by atomic mass is 10.2. The van der Waals surface area contributed by atoms with E-state index in [1.165, 1.54) is 19.2 Å². The molecule has 1 N–H and O–H groups in total. The summed E-state index contributed by atoms with van der Waals surface area (Å²) < 4.78 is 4.75. The Hall–Kier alpha value is -2.18. The topological polar surface area (TPSA) is 58.6 Å². The molecule has 1 heterocycles. The maximum absolute atomic E-state index is 12.7. The fraction of sp³-hybridized carbons (Fsp3) is 0.176. The normalized spacial score (nSPS) is 13.2. The predicted octanol–water partition coefficient (Wildman–Crippen LogP) is 4.27. The molecule has 2 amide bonds. The van der Waals surface area contributed by atoms with E-state index in [2.05, 4.69) is 5.32 Å². The number of hydrogen-bond acceptors (Lipinski definition) is 4. The van der Waals surface area contributed by atoms with Crippen LogP contribution in [-0.2, 0) is 4.74 Å². The van der Waals surface area contributed by atoms with Gasteiger partial charge in [-0.05, 0) is 30.3 Å². The molecule has 0 spiro atoms. The van der Waals surface area contributed by atoms with Crippen molar-refractivity contribution >= 4 is 46.7 Å². The van der Waals surface area contributed by atoms with E-state index in [9.17, 15) is 9.59 Å². The molecule has 2 aromatic rings. The highest BCUT2D eigenvalue weighted by atomic mass is 35.5. The fourth-order valence-corrected chi connectivity index (χ4v) is 3.64. The zero-order chi connectivity index (χ0) is 17.1. The van der Waals surface area contributed by atoms with E-state index in [4.69, 9.17) is 16.3 Å². The quantitative estimate of drug-likeness (QED) is 0.810. The molecule has 0 fully saturated rings. The van der Waals surface area contributed by atoms with Crippen LogP contribution in [-0.4, -0.2) is 31.4 Å². The van der Waals surface area contributed by atoms with Crippen LogP contribution in [0.15, 0.2) is 47.4 Å². The first-order valence-corrected chi connectivity index (χ1v) is 8.64. The van der Waals surface area contributed by atoms with Crippen LogP contribution in [0.25, 0.3) is 0 Å². The lowest BCUT2D eigenvalue weighted by Gasteiger charge is -2.29. The highest BCUT2D eigenvalue weighted by Gasteiger charge is 2.24. The zero-order valence-corrected chi connectivity index (χ0v) is 14.5. The molecule has 0 atom stereocenters. The standard InChI is InChI=1S/C17H15ClN2O3S/c1-23-16(21)12-7-6-11(18)10-13(12)19-17(22)20-8-9-24-15-5-3-2-4-14(15)20/h2-7,10H,8-9H2,1H3,(H,19,22). The van der Waals surface area contributed by atoms with E-state index >= 15 is 0 Å². The molecule has 1 aliphatic rings. The van der Waals surface area contributed by atoms with Gasteiger partial charge in [0.25, 0.3) is 0 Å². The molecule has 0 aliphatic carbocycles. The lowest BCUT2D eigenvalue weighted by molar-refractivity contribution is 0.0602. The van der Waals surface area contributed by atoms with Crippen LogP contribution in [0.5, 0.6) is 0 Å². The molecular weight excluding hydrogens is 348 g/mol. The van der Waals surface area contributed by atoms with Crippen LogP contribution < -0.4 is 10.2 Å². The number of urea groups is 1. The van der Waals surface area contributed by atoms with Gasteiger partial charge in [-0.3, -0.25) is 4.90 Å². The first kappa shape index (κ1) is 16.7. The maximum Gasteiger partial charge on any atom is 0.339 e. The molecule has 3 rings (SSSR count). The van der Waals surface area contributed by atoms with Crippen molar-refractivity contribution in [2.45, 2.75) is 4.90 Å². The minimum atomic E-state index is -0.531. The van der Waals surface area contributed by atoms with Gasteiger partial charge in [-0.2, -0.15) is 0 Å². The minimum absolute atomic E-state index is 0.259. The highest BCUT2D eigenvalue weighted by Crippen LogP contribution is 2.34. The predicted molar refractivity (Wildman–Crippen MR) is 96.3 cm³/mol. The van der Waals surface area contributed by atoms with Gasteiger partial charge in [0.05, 0.1) is 24.0 Å². The fourth-order valence-electron chi connectivity index (χ4n) is 2.47. The van der Waals surface area contributed by atoms with E-state index in [1.807, 2.05) is 24.3 Å². The monoisotopic (exact) mass is 362 g/mol. The van der Waals surface area contributed by atoms with Gasteiger partial charge in [-0.15, -0.1) is 11.8 Å². The molecule has 0 bridgehead atoms. The van der Waals surface area contributed by atoms with E-state index < -0.39 is 5.97 Å². The van der Waals surface area contributed by atoms with Crippen molar-refractivity contribution < 1.29 is 14.3 Å². The first-order chi connectivity index (χ1) is 11.6. The molecule has 0 saturated heterocycles. The number of para-hydroxylation sites is 1. The summed E-state index contributed by atoms with van der Waals surface area (Å²) in [7, 11) is 1.29. The molecule has 124 valence electrons. The number of methoxy groups -OCH3 is 1. The summed E-state index contributed by atoms with van der Waals surface area (Å²) in [4.78, 5) is 27.3. The Labute approximate surface area is 148 Å². The average Bonchev–Trinajstić information content (AvgIpc) is 2.60. The Bertz CT molecular complexity index is 797. The van der Waals surface area contributed by atoms with Crippen LogP contribution in [0.1, 0.15) is 10.4 Å². The largest absolute Gasteiger partial charge is 0.465 e. The number of halogens is 1. The Kier molecular flexibility index (Phi) is 4.97. The number of nitrogens with one attached hydrogen (secondary N) is 1. The Balaban J connectivity index is 1.89. The van der Waals surface area contributed by atoms with Gasteiger partial charge in [0.15, 0.2) is 0 Å². The Morgan fingerprint density at radius 3 is 2.83 bits per heavy atom. The van der Waals surface area contributed by atoms with Gasteiger partial charge in [-0.1, -0.05) is 23.7 Å². The van der Waals surface area contributed by atoms with E-state index in [0.717, 1.165) is 16.3 Å². The SMILES string of the molecule is COC(=O)c1ccc(Cl)cc1NC(=O)N1CCSc2ccccc21. The highest BCUT2D eigenvalue weighted by molar-refractivity contribution is 7.99. The average molecular weight is 363 g/mol. The van der Waals surface area contributed by atoms with Crippen LogP contribution in [0.4, 0.5) is 16.2 Å². The van der Waals surface area contributed by atoms with Crippen LogP contribution >= 0.6 is 23.4 Å². The second-order valence-electron chi connectivity index (χ2n) is 5.08. The van der Waals surface area contributed by atoms with Gasteiger partial charge >= 0.3 is 12.0 Å². The number of anilines is 2. The van der Waals surface area contributed by atoms with Crippen molar-refractivity contribution in [2.75, 3.05) is 29.6 Å². The van der Waals surface area contributed by atoms with Gasteiger partial charge in [0, 0.05) is 22.2 Å². The number of amides is 2. The van der Waals surface area contributed by atoms with Crippen LogP contribution in [0.3, 0.4) is 0 Å². The molecule has 2 aromatic carbocycles. The smallest absolute Gasteiger partial charge is 0.339 e. The number of nitrogens with zero attached hydrogens (tertiary/aromatic N) is 1. The third-order valence-corrected chi connectivity index (χ3v) is 4.88. The number of rotatable bonds is 2. The van der Waals surface area contributed by atoms with Crippen molar-refractivity contribution in [2.24, 2.45) is 0 Å². The molecule has 7 heteroatoms. The third kappa shape index (κ3) is 3.34. The van der Waals surface area contributed by atoms with Crippen LogP contribution in [0.2, 0.25) is 5.02 Å². The minimum Gasteiger partial charge on any atom is -0.465 e. The van der Waals surface area contributed by atoms with Crippen molar-refractivity contribution in [1.29, 1.82) is 0 Å². The molecule has 0 aromatic heterocycles. The summed E-state index contributed by atoms with van der Waals surface area (Å²) in [6.07, 6.45) is 0. The van der Waals surface area contributed by atoms with Crippen molar-refractivity contribution in [1.82, 2.24) is 0 Å². The van der Waals surface area contributed by atoms with Crippen LogP contribution in [0, 0.1) is 0 Å². The number of ether oxygens (including phenoxy) is 1. The van der Waals surface area contributed by atoms with Gasteiger partial charge in [-0.25, -0.2) is 9.59 Å². The van der Waals surface area contributed by atoms with Crippen molar-refractivity contribution in [3.05, 3.63) is 53.1 Å². The number of hydrogen-bond donors (Lipinski definition) is 1. The molecule has 5 nitrogen and oxygen atoms in total. The van der Waals surface area contributed by atoms with E-state index in [-0.39, 0.29) is 11.6 Å². The van der Waals surface area contributed by atoms with Crippen molar-refractivity contribution in [3.63, 3.8) is 0 Å². The zero-order valence-electron chi connectivity index (χ0n) is 12.9. The lowest BCUT2D eigenvalue weighted by Crippen LogP contribution is -2.39. The van der Waals surface area contributed by atoms with Gasteiger partial charge in [0.1, 0.15) is 0 Å². The second-order valence-corrected chi connectivity index (χ2v) is 6.65. The molecule has 24 heavy (non-hydrogen) atoms. The number of carbonyl (C=O) groups is 2. The Morgan fingerprint density at radius 2 is 2.04 bits per heavy atom. The molecule has 0 radical (unpaired) electrons. The molecule has 1 aliphatic heterocycles. The van der Waals surface area contributed by atoms with E-state index in [0.29, 0.717) is 17.3 Å². The number of fused-ring (bicyclic) bond motifs is 1. The van der Waals surface area contributed by atoms with E-state index in [1.54, 1.807) is 22.7 Å².